The number of hydroxylamine groups is 1. The molecular formula is C8H17N2O5P. The number of aliphatic hydroxyl groups is 1. The monoisotopic (exact) mass is 252 g/mol. The summed E-state index contributed by atoms with van der Waals surface area (Å²) in [6.07, 6.45) is 1.43. The number of phosphoric acid groups is 1. The van der Waals surface area contributed by atoms with E-state index in [9.17, 15) is 4.57 Å². The first-order valence-corrected chi connectivity index (χ1v) is 6.12. The summed E-state index contributed by atoms with van der Waals surface area (Å²) in [5.41, 5.74) is 1.52. The molecule has 0 rings (SSSR count). The second-order valence-electron chi connectivity index (χ2n) is 4.14. The minimum Gasteiger partial charge on any atom is -0.394 e. The predicted octanol–water partition coefficient (Wildman–Crippen LogP) is 1.17. The molecule has 0 aromatic heterocycles. The molecule has 94 valence electrons. The lowest BCUT2D eigenvalue weighted by atomic mass is 9.99. The second-order valence-corrected chi connectivity index (χ2v) is 5.74. The number of rotatable bonds is 7. The lowest BCUT2D eigenvalue weighted by Crippen LogP contribution is -2.17. The fraction of sp³-hybridized carbons (Fsp3) is 0.875. The van der Waals surface area contributed by atoms with E-state index in [4.69, 9.17) is 19.4 Å². The fourth-order valence-electron chi connectivity index (χ4n) is 0.592. The van der Waals surface area contributed by atoms with Crippen LogP contribution in [0, 0.1) is 16.9 Å². The Morgan fingerprint density at radius 3 is 2.50 bits per heavy atom. The van der Waals surface area contributed by atoms with E-state index in [1.165, 1.54) is 6.19 Å². The van der Waals surface area contributed by atoms with Gasteiger partial charge in [0, 0.05) is 0 Å². The van der Waals surface area contributed by atoms with E-state index in [-0.39, 0.29) is 25.2 Å². The summed E-state index contributed by atoms with van der Waals surface area (Å²) >= 11 is 0. The van der Waals surface area contributed by atoms with Crippen molar-refractivity contribution in [2.45, 2.75) is 20.8 Å². The molecular weight excluding hydrogens is 235 g/mol. The van der Waals surface area contributed by atoms with Gasteiger partial charge < -0.3 is 5.11 Å². The standard InChI is InChI=1S/C8H17N2O5P/c1-8(2,3)6-14-16(12,13-5-4-11)15-10-7-9/h10-11H,4-6H2,1-3H3. The quantitative estimate of drug-likeness (QED) is 0.303. The van der Waals surface area contributed by atoms with Crippen molar-refractivity contribution in [2.75, 3.05) is 19.8 Å². The van der Waals surface area contributed by atoms with Crippen LogP contribution in [0.3, 0.4) is 0 Å². The topological polar surface area (TPSA) is 101 Å². The van der Waals surface area contributed by atoms with Gasteiger partial charge in [0.2, 0.25) is 6.19 Å². The molecule has 0 saturated heterocycles. The Labute approximate surface area is 94.9 Å². The molecule has 0 saturated carbocycles. The molecule has 0 amide bonds. The van der Waals surface area contributed by atoms with Crippen LogP contribution in [0.1, 0.15) is 20.8 Å². The number of nitrogens with one attached hydrogen (secondary N) is 1. The lowest BCUT2D eigenvalue weighted by Gasteiger charge is -2.22. The van der Waals surface area contributed by atoms with Crippen molar-refractivity contribution in [3.05, 3.63) is 0 Å². The Morgan fingerprint density at radius 1 is 1.44 bits per heavy atom. The third kappa shape index (κ3) is 7.63. The predicted molar refractivity (Wildman–Crippen MR) is 55.9 cm³/mol. The van der Waals surface area contributed by atoms with Gasteiger partial charge in [0.05, 0.1) is 19.8 Å². The molecule has 1 atom stereocenters. The Bertz CT molecular complexity index is 283. The van der Waals surface area contributed by atoms with Crippen LogP contribution in [0.15, 0.2) is 0 Å². The average molecular weight is 252 g/mol. The highest BCUT2D eigenvalue weighted by Crippen LogP contribution is 2.49. The highest BCUT2D eigenvalue weighted by molar-refractivity contribution is 7.48. The van der Waals surface area contributed by atoms with Crippen molar-refractivity contribution in [1.82, 2.24) is 5.48 Å². The Hall–Kier alpha value is -0.640. The van der Waals surface area contributed by atoms with E-state index < -0.39 is 7.82 Å². The number of nitriles is 1. The third-order valence-corrected chi connectivity index (χ3v) is 2.46. The zero-order valence-corrected chi connectivity index (χ0v) is 10.5. The van der Waals surface area contributed by atoms with Gasteiger partial charge in [0.15, 0.2) is 0 Å². The Balaban J connectivity index is 4.30. The summed E-state index contributed by atoms with van der Waals surface area (Å²) in [4.78, 5) is 0. The van der Waals surface area contributed by atoms with Crippen LogP contribution >= 0.6 is 7.82 Å². The van der Waals surface area contributed by atoms with Crippen molar-refractivity contribution in [2.24, 2.45) is 5.41 Å². The van der Waals surface area contributed by atoms with Crippen molar-refractivity contribution in [3.8, 4) is 6.19 Å². The van der Waals surface area contributed by atoms with Crippen molar-refractivity contribution < 1.29 is 23.3 Å². The summed E-state index contributed by atoms with van der Waals surface area (Å²) in [6, 6.07) is 0. The SMILES string of the molecule is CC(C)(C)COP(=O)(OCCO)ONC#N. The van der Waals surface area contributed by atoms with Crippen molar-refractivity contribution in [3.63, 3.8) is 0 Å². The van der Waals surface area contributed by atoms with Gasteiger partial charge in [-0.2, -0.15) is 15.4 Å². The number of phosphoric ester groups is 1. The van der Waals surface area contributed by atoms with Crippen LogP contribution in [0.4, 0.5) is 0 Å². The minimum atomic E-state index is -3.84. The van der Waals surface area contributed by atoms with Gasteiger partial charge in [-0.05, 0) is 5.41 Å². The highest BCUT2D eigenvalue weighted by Gasteiger charge is 2.29. The molecule has 0 radical (unpaired) electrons. The maximum Gasteiger partial charge on any atom is 0.497 e. The number of hydrogen-bond donors (Lipinski definition) is 2. The van der Waals surface area contributed by atoms with Crippen LogP contribution in [-0.4, -0.2) is 24.9 Å². The molecule has 0 aromatic carbocycles. The molecule has 0 fully saturated rings. The molecule has 2 N–H and O–H groups in total. The molecule has 0 aliphatic rings. The smallest absolute Gasteiger partial charge is 0.394 e. The first kappa shape index (κ1) is 15.4. The molecule has 0 spiro atoms. The van der Waals surface area contributed by atoms with Gasteiger partial charge in [-0.3, -0.25) is 9.05 Å². The zero-order valence-electron chi connectivity index (χ0n) is 9.60. The van der Waals surface area contributed by atoms with Gasteiger partial charge in [-0.15, -0.1) is 0 Å². The first-order valence-electron chi connectivity index (χ1n) is 4.66. The Kier molecular flexibility index (Phi) is 6.56. The molecule has 8 heteroatoms. The molecule has 0 heterocycles. The number of nitrogens with zero attached hydrogens (tertiary/aromatic N) is 1. The van der Waals surface area contributed by atoms with Crippen LogP contribution in [0.25, 0.3) is 0 Å². The summed E-state index contributed by atoms with van der Waals surface area (Å²) < 4.78 is 26.0. The highest BCUT2D eigenvalue weighted by atomic mass is 31.2. The largest absolute Gasteiger partial charge is 0.497 e. The first-order chi connectivity index (χ1) is 7.33. The summed E-state index contributed by atoms with van der Waals surface area (Å²) in [6.45, 7) is 5.24. The molecule has 0 aromatic rings. The average Bonchev–Trinajstić information content (AvgIpc) is 2.20. The normalized spacial score (nSPS) is 15.2. The molecule has 16 heavy (non-hydrogen) atoms. The van der Waals surface area contributed by atoms with E-state index in [2.05, 4.69) is 4.62 Å². The summed E-state index contributed by atoms with van der Waals surface area (Å²) in [7, 11) is -3.84. The molecule has 0 aliphatic carbocycles. The van der Waals surface area contributed by atoms with Crippen LogP contribution < -0.4 is 5.48 Å². The van der Waals surface area contributed by atoms with E-state index in [0.29, 0.717) is 0 Å². The summed E-state index contributed by atoms with van der Waals surface area (Å²) in [5.74, 6) is 0. The fourth-order valence-corrected chi connectivity index (χ4v) is 1.77. The van der Waals surface area contributed by atoms with Gasteiger partial charge in [0.25, 0.3) is 0 Å². The van der Waals surface area contributed by atoms with Crippen molar-refractivity contribution >= 4 is 7.82 Å². The maximum atomic E-state index is 11.8. The van der Waals surface area contributed by atoms with E-state index >= 15 is 0 Å². The lowest BCUT2D eigenvalue weighted by molar-refractivity contribution is 0.0585. The van der Waals surface area contributed by atoms with Gasteiger partial charge in [-0.1, -0.05) is 20.8 Å². The van der Waals surface area contributed by atoms with E-state index in [1.807, 2.05) is 20.8 Å². The zero-order chi connectivity index (χ0) is 12.7. The second kappa shape index (κ2) is 6.84. The third-order valence-electron chi connectivity index (χ3n) is 1.20. The molecule has 1 unspecified atom stereocenters. The molecule has 7 nitrogen and oxygen atoms in total. The van der Waals surface area contributed by atoms with E-state index in [0.717, 1.165) is 0 Å². The van der Waals surface area contributed by atoms with Crippen LogP contribution in [0.5, 0.6) is 0 Å². The van der Waals surface area contributed by atoms with Crippen LogP contribution in [0.2, 0.25) is 0 Å². The van der Waals surface area contributed by atoms with Gasteiger partial charge in [0.1, 0.15) is 0 Å². The summed E-state index contributed by atoms with van der Waals surface area (Å²) in [5, 5.41) is 16.8. The maximum absolute atomic E-state index is 11.8. The number of hydrogen-bond acceptors (Lipinski definition) is 7. The van der Waals surface area contributed by atoms with E-state index in [1.54, 1.807) is 5.48 Å². The van der Waals surface area contributed by atoms with Crippen LogP contribution in [-0.2, 0) is 18.2 Å². The van der Waals surface area contributed by atoms with Gasteiger partial charge >= 0.3 is 7.82 Å². The van der Waals surface area contributed by atoms with Crippen molar-refractivity contribution in [1.29, 1.82) is 5.26 Å². The Morgan fingerprint density at radius 2 is 2.06 bits per heavy atom. The van der Waals surface area contributed by atoms with Gasteiger partial charge in [-0.25, -0.2) is 4.57 Å². The minimum absolute atomic E-state index is 0.128. The molecule has 0 bridgehead atoms. The molecule has 0 aliphatic heterocycles. The number of aliphatic hydroxyl groups excluding tert-OH is 1.